The van der Waals surface area contributed by atoms with Crippen LogP contribution in [0.5, 0.6) is 0 Å². The highest BCUT2D eigenvalue weighted by atomic mass is 35.5. The molecule has 4 rings (SSSR count). The molecule has 0 saturated heterocycles. The van der Waals surface area contributed by atoms with Crippen molar-refractivity contribution in [2.45, 2.75) is 84.0 Å². The number of halogens is 3. The standard InChI is InChI=1S/C33H42ClF2N5O3S/c1-5-18(3)27(30(37)45)40-32(43)44-33(13-11-26-24(17-33)23-15-22(36)16-25(34)29(23)39-26)41-31(42)28(19(4)6-2)38-14-12-20-7-9-21(35)10-8-20/h7-10,15-16,18-19,27-28,38-39H,5-6,11-14,17H2,1-4H3,(H2,37,45)(H,40,43)(H,41,42)/t18-,19?,27?,28-,33+/m0/s1. The van der Waals surface area contributed by atoms with Crippen molar-refractivity contribution in [1.82, 2.24) is 20.9 Å². The van der Waals surface area contributed by atoms with Crippen molar-refractivity contribution >= 4 is 51.7 Å². The highest BCUT2D eigenvalue weighted by Gasteiger charge is 2.43. The van der Waals surface area contributed by atoms with Gasteiger partial charge in [-0.3, -0.25) is 4.79 Å². The fourth-order valence-electron chi connectivity index (χ4n) is 5.84. The molecule has 1 aliphatic rings. The number of hydrogen-bond acceptors (Lipinski definition) is 5. The van der Waals surface area contributed by atoms with Gasteiger partial charge < -0.3 is 31.4 Å². The molecule has 45 heavy (non-hydrogen) atoms. The van der Waals surface area contributed by atoms with Gasteiger partial charge in [0.2, 0.25) is 5.91 Å². The number of nitrogens with two attached hydrogens (primary N) is 1. The molecular weight excluding hydrogens is 620 g/mol. The molecule has 0 saturated carbocycles. The fraction of sp³-hybridized carbons (Fsp3) is 0.485. The number of H-pyrrole nitrogens is 1. The highest BCUT2D eigenvalue weighted by molar-refractivity contribution is 7.80. The van der Waals surface area contributed by atoms with Gasteiger partial charge in [-0.2, -0.15) is 0 Å². The van der Waals surface area contributed by atoms with Crippen molar-refractivity contribution in [2.24, 2.45) is 17.6 Å². The Morgan fingerprint density at radius 2 is 1.76 bits per heavy atom. The van der Waals surface area contributed by atoms with Gasteiger partial charge in [0.05, 0.1) is 27.6 Å². The third-order valence-corrected chi connectivity index (χ3v) is 9.43. The third-order valence-electron chi connectivity index (χ3n) is 8.88. The van der Waals surface area contributed by atoms with E-state index in [0.29, 0.717) is 42.3 Å². The lowest BCUT2D eigenvalue weighted by molar-refractivity contribution is -0.133. The SMILES string of the molecule is CCC(C)[C@H](NCCc1ccc(F)cc1)C(=O)N[C@@]1(OC(=O)NC(C(N)=S)[C@@H](C)CC)CCc2[nH]c3c(Cl)cc(F)cc3c2C1. The number of thiocarbonyl (C=S) groups is 1. The van der Waals surface area contributed by atoms with Crippen molar-refractivity contribution < 1.29 is 23.1 Å². The normalized spacial score (nSPS) is 18.8. The smallest absolute Gasteiger partial charge is 0.409 e. The van der Waals surface area contributed by atoms with Crippen molar-refractivity contribution in [1.29, 1.82) is 0 Å². The minimum Gasteiger partial charge on any atom is -0.423 e. The summed E-state index contributed by atoms with van der Waals surface area (Å²) in [5.74, 6) is -1.25. The number of ether oxygens (including phenoxy) is 1. The van der Waals surface area contributed by atoms with Crippen molar-refractivity contribution in [2.75, 3.05) is 6.54 Å². The van der Waals surface area contributed by atoms with Crippen molar-refractivity contribution in [3.05, 3.63) is 69.9 Å². The van der Waals surface area contributed by atoms with Gasteiger partial charge in [0.25, 0.3) is 0 Å². The molecule has 0 fully saturated rings. The first-order valence-corrected chi connectivity index (χ1v) is 16.2. The van der Waals surface area contributed by atoms with E-state index >= 15 is 0 Å². The summed E-state index contributed by atoms with van der Waals surface area (Å²) in [4.78, 5) is 30.9. The summed E-state index contributed by atoms with van der Waals surface area (Å²) in [5, 5.41) is 10.0. The number of amides is 2. The number of rotatable bonds is 13. The number of aryl methyl sites for hydroxylation is 1. The average molecular weight is 662 g/mol. The zero-order chi connectivity index (χ0) is 32.9. The van der Waals surface area contributed by atoms with Crippen LogP contribution in [0.4, 0.5) is 13.6 Å². The largest absolute Gasteiger partial charge is 0.423 e. The topological polar surface area (TPSA) is 121 Å². The lowest BCUT2D eigenvalue weighted by Crippen LogP contribution is -2.61. The Kier molecular flexibility index (Phi) is 11.4. The predicted octanol–water partition coefficient (Wildman–Crippen LogP) is 6.07. The molecule has 2 amide bonds. The molecule has 3 aromatic rings. The number of hydrogen-bond donors (Lipinski definition) is 5. The molecule has 2 aromatic carbocycles. The van der Waals surface area contributed by atoms with Crippen LogP contribution < -0.4 is 21.7 Å². The average Bonchev–Trinajstić information content (AvgIpc) is 3.35. The first-order valence-electron chi connectivity index (χ1n) is 15.4. The van der Waals surface area contributed by atoms with Crippen LogP contribution in [0.2, 0.25) is 5.02 Å². The summed E-state index contributed by atoms with van der Waals surface area (Å²) in [6.45, 7) is 8.32. The van der Waals surface area contributed by atoms with E-state index in [1.54, 1.807) is 12.1 Å². The number of benzene rings is 2. The minimum atomic E-state index is -1.46. The molecule has 12 heteroatoms. The summed E-state index contributed by atoms with van der Waals surface area (Å²) in [5.41, 5.74) is 7.55. The molecule has 0 radical (unpaired) electrons. The summed E-state index contributed by atoms with van der Waals surface area (Å²) in [6, 6.07) is 7.66. The van der Waals surface area contributed by atoms with Crippen molar-refractivity contribution in [3.63, 3.8) is 0 Å². The Labute approximate surface area is 273 Å². The Morgan fingerprint density at radius 3 is 2.40 bits per heavy atom. The van der Waals surface area contributed by atoms with Gasteiger partial charge in [0.15, 0.2) is 5.72 Å². The zero-order valence-corrected chi connectivity index (χ0v) is 27.6. The Hall–Kier alpha value is -3.28. The molecule has 6 N–H and O–H groups in total. The Balaban J connectivity index is 1.62. The fourth-order valence-corrected chi connectivity index (χ4v) is 6.38. The first kappa shape index (κ1) is 34.6. The summed E-state index contributed by atoms with van der Waals surface area (Å²) >= 11 is 11.6. The summed E-state index contributed by atoms with van der Waals surface area (Å²) < 4.78 is 33.9. The van der Waals surface area contributed by atoms with Crippen LogP contribution in [0.1, 0.15) is 63.8 Å². The second kappa shape index (κ2) is 14.9. The van der Waals surface area contributed by atoms with Crippen LogP contribution in [0.25, 0.3) is 10.9 Å². The van der Waals surface area contributed by atoms with Crippen LogP contribution in [-0.2, 0) is 28.8 Å². The maximum Gasteiger partial charge on any atom is 0.409 e. The van der Waals surface area contributed by atoms with Gasteiger partial charge in [-0.05, 0) is 66.6 Å². The molecule has 0 spiro atoms. The number of aromatic nitrogens is 1. The van der Waals surface area contributed by atoms with E-state index in [1.165, 1.54) is 24.3 Å². The third kappa shape index (κ3) is 8.31. The Bertz CT molecular complexity index is 1530. The summed E-state index contributed by atoms with van der Waals surface area (Å²) in [7, 11) is 0. The number of nitrogens with one attached hydrogen (secondary N) is 4. The van der Waals surface area contributed by atoms with Gasteiger partial charge >= 0.3 is 6.09 Å². The van der Waals surface area contributed by atoms with Crippen LogP contribution in [0.3, 0.4) is 0 Å². The molecule has 2 unspecified atom stereocenters. The molecule has 1 aliphatic carbocycles. The maximum absolute atomic E-state index is 14.5. The molecule has 0 bridgehead atoms. The van der Waals surface area contributed by atoms with E-state index in [0.717, 1.165) is 17.7 Å². The molecule has 5 atom stereocenters. The quantitative estimate of drug-likeness (QED) is 0.112. The van der Waals surface area contributed by atoms with Crippen LogP contribution in [-0.4, -0.2) is 46.3 Å². The highest BCUT2D eigenvalue weighted by Crippen LogP contribution is 2.37. The van der Waals surface area contributed by atoms with Crippen LogP contribution in [0, 0.1) is 23.5 Å². The molecular formula is C33H42ClF2N5O3S. The molecule has 8 nitrogen and oxygen atoms in total. The van der Waals surface area contributed by atoms with Crippen LogP contribution >= 0.6 is 23.8 Å². The molecule has 1 aromatic heterocycles. The maximum atomic E-state index is 14.5. The van der Waals surface area contributed by atoms with E-state index < -0.39 is 29.7 Å². The van der Waals surface area contributed by atoms with Gasteiger partial charge in [-0.1, -0.05) is 76.5 Å². The second-order valence-corrected chi connectivity index (χ2v) is 12.9. The minimum absolute atomic E-state index is 0.0441. The van der Waals surface area contributed by atoms with E-state index in [2.05, 4.69) is 20.9 Å². The van der Waals surface area contributed by atoms with Crippen molar-refractivity contribution in [3.8, 4) is 0 Å². The number of carbonyl (C=O) groups is 2. The van der Waals surface area contributed by atoms with Gasteiger partial charge in [-0.25, -0.2) is 13.6 Å². The van der Waals surface area contributed by atoms with E-state index in [1.807, 2.05) is 27.7 Å². The molecule has 1 heterocycles. The monoisotopic (exact) mass is 661 g/mol. The number of fused-ring (bicyclic) bond motifs is 3. The van der Waals surface area contributed by atoms with E-state index in [4.69, 9.17) is 34.3 Å². The van der Waals surface area contributed by atoms with Gasteiger partial charge in [0.1, 0.15) is 11.6 Å². The molecule has 0 aliphatic heterocycles. The summed E-state index contributed by atoms with van der Waals surface area (Å²) in [6.07, 6.45) is 2.00. The zero-order valence-electron chi connectivity index (χ0n) is 26.1. The first-order chi connectivity index (χ1) is 21.4. The number of carbonyl (C=O) groups excluding carboxylic acids is 2. The number of alkyl carbamates (subject to hydrolysis) is 1. The lowest BCUT2D eigenvalue weighted by Gasteiger charge is -2.39. The lowest BCUT2D eigenvalue weighted by atomic mass is 9.87. The second-order valence-electron chi connectivity index (χ2n) is 12.0. The van der Waals surface area contributed by atoms with Gasteiger partial charge in [0, 0.05) is 23.9 Å². The Morgan fingerprint density at radius 1 is 1.09 bits per heavy atom. The van der Waals surface area contributed by atoms with Gasteiger partial charge in [-0.15, -0.1) is 0 Å². The predicted molar refractivity (Wildman–Crippen MR) is 177 cm³/mol. The van der Waals surface area contributed by atoms with Crippen LogP contribution in [0.15, 0.2) is 36.4 Å². The van der Waals surface area contributed by atoms with E-state index in [-0.39, 0.29) is 46.4 Å². The molecule has 244 valence electrons. The number of aromatic amines is 1. The van der Waals surface area contributed by atoms with E-state index in [9.17, 15) is 18.4 Å².